The number of carbonyl (C=O) groups excluding carboxylic acids is 2. The van der Waals surface area contributed by atoms with E-state index < -0.39 is 55.8 Å². The number of carboxylic acid groups (broad SMARTS) is 1. The number of nitrogens with zero attached hydrogens (tertiary/aromatic N) is 1. The second-order valence-electron chi connectivity index (χ2n) is 11.4. The van der Waals surface area contributed by atoms with E-state index in [4.69, 9.17) is 0 Å². The zero-order valence-corrected chi connectivity index (χ0v) is 23.9. The van der Waals surface area contributed by atoms with Crippen LogP contribution in [0.25, 0.3) is 0 Å². The van der Waals surface area contributed by atoms with Crippen molar-refractivity contribution in [1.82, 2.24) is 10.2 Å². The zero-order chi connectivity index (χ0) is 28.2. The van der Waals surface area contributed by atoms with Crippen LogP contribution in [0.4, 0.5) is 0 Å². The Kier molecular flexibility index (Phi) is 10.1. The molecule has 0 aliphatic carbocycles. The summed E-state index contributed by atoms with van der Waals surface area (Å²) in [6.45, 7) is 13.9. The number of nitrogens with one attached hydrogen (secondary N) is 1. The lowest BCUT2D eigenvalue weighted by Crippen LogP contribution is -2.60. The average Bonchev–Trinajstić information content (AvgIpc) is 2.73. The summed E-state index contributed by atoms with van der Waals surface area (Å²) in [5, 5.41) is 10.6. The van der Waals surface area contributed by atoms with Gasteiger partial charge in [0.1, 0.15) is 11.3 Å². The van der Waals surface area contributed by atoms with E-state index in [2.05, 4.69) is 5.32 Å². The van der Waals surface area contributed by atoms with Crippen molar-refractivity contribution in [3.05, 3.63) is 47.5 Å². The van der Waals surface area contributed by atoms with Crippen LogP contribution in [0, 0.1) is 11.3 Å². The quantitative estimate of drug-likeness (QED) is 0.454. The number of benzene rings is 1. The molecule has 36 heavy (non-hydrogen) atoms. The summed E-state index contributed by atoms with van der Waals surface area (Å²) in [6.07, 6.45) is 2.54. The van der Waals surface area contributed by atoms with E-state index in [1.807, 2.05) is 19.9 Å². The molecule has 1 aromatic carbocycles. The Bertz CT molecular complexity index is 1090. The maximum Gasteiger partial charge on any atom is 0.331 e. The summed E-state index contributed by atoms with van der Waals surface area (Å²) < 4.78 is 25.8. The van der Waals surface area contributed by atoms with Gasteiger partial charge in [0.05, 0.1) is 6.04 Å². The SMILES string of the molecule is CC(=C[C@H](C(C)C)N(C)C(=O)[C@@H](NC(=O)C(C(C)(C)c1ccccc1)S(C)(=O)=O)C(C)(C)C)C(=O)O. The molecule has 0 saturated heterocycles. The van der Waals surface area contributed by atoms with Crippen LogP contribution in [-0.4, -0.2) is 66.8 Å². The molecule has 0 aliphatic heterocycles. The molecule has 0 aliphatic rings. The molecular weight excluding hydrogens is 480 g/mol. The summed E-state index contributed by atoms with van der Waals surface area (Å²) in [6, 6.07) is 7.33. The number of likely N-dealkylation sites (N-methyl/N-ethyl adjacent to an activating group) is 1. The summed E-state index contributed by atoms with van der Waals surface area (Å²) in [4.78, 5) is 40.1. The van der Waals surface area contributed by atoms with Gasteiger partial charge >= 0.3 is 5.97 Å². The molecule has 202 valence electrons. The Balaban J connectivity index is 3.47. The van der Waals surface area contributed by atoms with E-state index in [1.54, 1.807) is 65.9 Å². The molecule has 0 radical (unpaired) electrons. The van der Waals surface area contributed by atoms with Gasteiger partial charge in [0.15, 0.2) is 9.84 Å². The summed E-state index contributed by atoms with van der Waals surface area (Å²) >= 11 is 0. The Labute approximate surface area is 216 Å². The van der Waals surface area contributed by atoms with E-state index in [0.717, 1.165) is 6.26 Å². The smallest absolute Gasteiger partial charge is 0.331 e. The van der Waals surface area contributed by atoms with Crippen LogP contribution in [0.3, 0.4) is 0 Å². The highest BCUT2D eigenvalue weighted by atomic mass is 32.2. The third kappa shape index (κ3) is 7.66. The number of amides is 2. The minimum Gasteiger partial charge on any atom is -0.478 e. The van der Waals surface area contributed by atoms with Crippen LogP contribution in [0.15, 0.2) is 42.0 Å². The average molecular weight is 523 g/mol. The third-order valence-corrected chi connectivity index (χ3v) is 8.13. The number of aliphatic carboxylic acids is 1. The monoisotopic (exact) mass is 522 g/mol. The number of carboxylic acids is 1. The molecular formula is C27H42N2O6S. The van der Waals surface area contributed by atoms with E-state index in [0.29, 0.717) is 5.56 Å². The zero-order valence-electron chi connectivity index (χ0n) is 23.1. The lowest BCUT2D eigenvalue weighted by Gasteiger charge is -2.39. The topological polar surface area (TPSA) is 121 Å². The van der Waals surface area contributed by atoms with Crippen LogP contribution in [0.2, 0.25) is 0 Å². The number of hydrogen-bond acceptors (Lipinski definition) is 5. The van der Waals surface area contributed by atoms with Gasteiger partial charge in [-0.05, 0) is 23.8 Å². The lowest BCUT2D eigenvalue weighted by molar-refractivity contribution is -0.140. The Morgan fingerprint density at radius 3 is 1.92 bits per heavy atom. The summed E-state index contributed by atoms with van der Waals surface area (Å²) in [7, 11) is -2.31. The van der Waals surface area contributed by atoms with Crippen molar-refractivity contribution in [3.8, 4) is 0 Å². The Morgan fingerprint density at radius 1 is 1.03 bits per heavy atom. The van der Waals surface area contributed by atoms with Gasteiger partial charge in [-0.15, -0.1) is 0 Å². The van der Waals surface area contributed by atoms with Crippen LogP contribution >= 0.6 is 0 Å². The van der Waals surface area contributed by atoms with E-state index in [-0.39, 0.29) is 11.5 Å². The molecule has 2 N–H and O–H groups in total. The van der Waals surface area contributed by atoms with Gasteiger partial charge in [-0.2, -0.15) is 0 Å². The highest BCUT2D eigenvalue weighted by Crippen LogP contribution is 2.32. The number of rotatable bonds is 10. The molecule has 1 aromatic rings. The molecule has 3 atom stereocenters. The predicted molar refractivity (Wildman–Crippen MR) is 142 cm³/mol. The van der Waals surface area contributed by atoms with E-state index in [9.17, 15) is 27.9 Å². The third-order valence-electron chi connectivity index (χ3n) is 6.48. The maximum atomic E-state index is 13.7. The standard InChI is InChI=1S/C27H42N2O6S/c1-17(2)20(16-18(3)25(32)33)29(9)24(31)21(26(4,5)6)28-23(30)22(36(10,34)35)27(7,8)19-14-12-11-13-15-19/h11-17,20-22H,1-10H3,(H,28,30)(H,32,33)/t20-,21-,22?/m1/s1. The molecule has 9 heteroatoms. The van der Waals surface area contributed by atoms with Crippen LogP contribution in [0.1, 0.15) is 61.0 Å². The first kappa shape index (κ1) is 31.4. The fourth-order valence-electron chi connectivity index (χ4n) is 4.37. The number of carbonyl (C=O) groups is 3. The fourth-order valence-corrected chi connectivity index (χ4v) is 6.04. The molecule has 0 spiro atoms. The first-order chi connectivity index (χ1) is 16.2. The van der Waals surface area contributed by atoms with Crippen molar-refractivity contribution in [2.24, 2.45) is 11.3 Å². The highest BCUT2D eigenvalue weighted by molar-refractivity contribution is 7.92. The van der Waals surface area contributed by atoms with Gasteiger partial charge in [-0.3, -0.25) is 9.59 Å². The minimum atomic E-state index is -3.87. The van der Waals surface area contributed by atoms with Crippen LogP contribution in [-0.2, 0) is 29.6 Å². The molecule has 0 heterocycles. The molecule has 2 amide bonds. The van der Waals surface area contributed by atoms with Crippen molar-refractivity contribution in [2.75, 3.05) is 13.3 Å². The van der Waals surface area contributed by atoms with Gasteiger partial charge in [-0.25, -0.2) is 13.2 Å². The fraction of sp³-hybridized carbons (Fsp3) is 0.593. The van der Waals surface area contributed by atoms with Crippen LogP contribution < -0.4 is 5.32 Å². The summed E-state index contributed by atoms with van der Waals surface area (Å²) in [5.74, 6) is -2.38. The van der Waals surface area contributed by atoms with Crippen molar-refractivity contribution in [2.45, 2.75) is 78.1 Å². The summed E-state index contributed by atoms with van der Waals surface area (Å²) in [5.41, 5.74) is -1.04. The predicted octanol–water partition coefficient (Wildman–Crippen LogP) is 3.42. The van der Waals surface area contributed by atoms with E-state index in [1.165, 1.54) is 17.9 Å². The molecule has 0 fully saturated rings. The van der Waals surface area contributed by atoms with Gasteiger partial charge in [0.2, 0.25) is 11.8 Å². The molecule has 0 aromatic heterocycles. The van der Waals surface area contributed by atoms with E-state index >= 15 is 0 Å². The van der Waals surface area contributed by atoms with Crippen LogP contribution in [0.5, 0.6) is 0 Å². The highest BCUT2D eigenvalue weighted by Gasteiger charge is 2.46. The maximum absolute atomic E-state index is 13.7. The Hall–Kier alpha value is -2.68. The van der Waals surface area contributed by atoms with Crippen molar-refractivity contribution >= 4 is 27.6 Å². The first-order valence-electron chi connectivity index (χ1n) is 12.0. The Morgan fingerprint density at radius 2 is 1.53 bits per heavy atom. The van der Waals surface area contributed by atoms with Crippen molar-refractivity contribution in [1.29, 1.82) is 0 Å². The van der Waals surface area contributed by atoms with Gasteiger partial charge in [-0.1, -0.05) is 84.9 Å². The largest absolute Gasteiger partial charge is 0.478 e. The number of hydrogen-bond donors (Lipinski definition) is 2. The van der Waals surface area contributed by atoms with Gasteiger partial charge < -0.3 is 15.3 Å². The molecule has 0 bridgehead atoms. The molecule has 8 nitrogen and oxygen atoms in total. The van der Waals surface area contributed by atoms with Crippen molar-refractivity contribution < 1.29 is 27.9 Å². The molecule has 1 rings (SSSR count). The second kappa shape index (κ2) is 11.6. The second-order valence-corrected chi connectivity index (χ2v) is 13.6. The molecule has 0 saturated carbocycles. The first-order valence-corrected chi connectivity index (χ1v) is 13.9. The van der Waals surface area contributed by atoms with Gasteiger partial charge in [0.25, 0.3) is 0 Å². The molecule has 1 unspecified atom stereocenters. The van der Waals surface area contributed by atoms with Crippen molar-refractivity contribution in [3.63, 3.8) is 0 Å². The normalized spacial score (nSPS) is 15.7. The van der Waals surface area contributed by atoms with Gasteiger partial charge in [0, 0.05) is 24.3 Å². The lowest BCUT2D eigenvalue weighted by atomic mass is 9.80. The number of sulfone groups is 1. The minimum absolute atomic E-state index is 0.103.